The zero-order valence-corrected chi connectivity index (χ0v) is 11.5. The monoisotopic (exact) mass is 281 g/mol. The van der Waals surface area contributed by atoms with Gasteiger partial charge >= 0.3 is 0 Å². The van der Waals surface area contributed by atoms with E-state index < -0.39 is 0 Å². The Morgan fingerprint density at radius 3 is 2.94 bits per heavy atom. The van der Waals surface area contributed by atoms with E-state index in [1.165, 1.54) is 23.1 Å². The van der Waals surface area contributed by atoms with Gasteiger partial charge in [-0.15, -0.1) is 10.2 Å². The minimum Gasteiger partial charge on any atom is -0.383 e. The van der Waals surface area contributed by atoms with Crippen molar-refractivity contribution in [3.8, 4) is 10.6 Å². The Morgan fingerprint density at radius 1 is 1.50 bits per heavy atom. The van der Waals surface area contributed by atoms with Crippen molar-refractivity contribution in [2.75, 3.05) is 11.5 Å². The number of nitrogens with two attached hydrogens (primary N) is 1. The van der Waals surface area contributed by atoms with Crippen LogP contribution >= 0.6 is 23.1 Å². The Morgan fingerprint density at radius 2 is 2.28 bits per heavy atom. The van der Waals surface area contributed by atoms with Crippen LogP contribution in [0.5, 0.6) is 0 Å². The number of hydrogen-bond donors (Lipinski definition) is 1. The first-order chi connectivity index (χ1) is 8.56. The first-order valence-corrected chi connectivity index (χ1v) is 6.91. The predicted octanol–water partition coefficient (Wildman–Crippen LogP) is 1.57. The van der Waals surface area contributed by atoms with Crippen molar-refractivity contribution in [3.63, 3.8) is 0 Å². The lowest BCUT2D eigenvalue weighted by atomic mass is 10.3. The van der Waals surface area contributed by atoms with Crippen molar-refractivity contribution in [3.05, 3.63) is 12.0 Å². The van der Waals surface area contributed by atoms with Gasteiger partial charge < -0.3 is 5.73 Å². The number of Topliss-reactive ketones (excluding diaryl/α,β-unsaturated/α-hetero) is 1. The maximum atomic E-state index is 10.9. The molecule has 0 aliphatic carbocycles. The van der Waals surface area contributed by atoms with E-state index in [9.17, 15) is 4.79 Å². The third-order valence-electron chi connectivity index (χ3n) is 1.97. The van der Waals surface area contributed by atoms with Crippen LogP contribution < -0.4 is 5.73 Å². The molecule has 0 bridgehead atoms. The lowest BCUT2D eigenvalue weighted by Gasteiger charge is -1.99. The number of carbonyl (C=O) groups excluding carboxylic acids is 1. The van der Waals surface area contributed by atoms with Crippen LogP contribution in [0, 0.1) is 6.92 Å². The Labute approximate surface area is 112 Å². The fourth-order valence-electron chi connectivity index (χ4n) is 1.19. The van der Waals surface area contributed by atoms with Crippen LogP contribution in [0.3, 0.4) is 0 Å². The highest BCUT2D eigenvalue weighted by atomic mass is 32.2. The number of ketones is 1. The lowest BCUT2D eigenvalue weighted by molar-refractivity contribution is -0.114. The number of nitrogen functional groups attached to an aromatic ring is 1. The third kappa shape index (κ3) is 3.02. The van der Waals surface area contributed by atoms with Crippen molar-refractivity contribution in [1.29, 1.82) is 0 Å². The summed E-state index contributed by atoms with van der Waals surface area (Å²) in [6, 6.07) is 0. The molecule has 2 aromatic rings. The van der Waals surface area contributed by atoms with Gasteiger partial charge in [-0.2, -0.15) is 0 Å². The van der Waals surface area contributed by atoms with Gasteiger partial charge in [0.1, 0.15) is 17.4 Å². The molecule has 8 heteroatoms. The Balaban J connectivity index is 2.21. The maximum absolute atomic E-state index is 10.9. The van der Waals surface area contributed by atoms with Crippen molar-refractivity contribution in [2.24, 2.45) is 0 Å². The molecular weight excluding hydrogens is 270 g/mol. The molecule has 0 radical (unpaired) electrons. The fourth-order valence-corrected chi connectivity index (χ4v) is 2.86. The number of carbonyl (C=O) groups is 1. The highest BCUT2D eigenvalue weighted by molar-refractivity contribution is 8.01. The molecule has 2 N–H and O–H groups in total. The van der Waals surface area contributed by atoms with Gasteiger partial charge in [0.05, 0.1) is 11.3 Å². The smallest absolute Gasteiger partial charge is 0.175 e. The van der Waals surface area contributed by atoms with Crippen LogP contribution in [0.2, 0.25) is 0 Å². The molecule has 0 aliphatic heterocycles. The highest BCUT2D eigenvalue weighted by Gasteiger charge is 2.12. The van der Waals surface area contributed by atoms with Crippen molar-refractivity contribution in [2.45, 2.75) is 18.2 Å². The van der Waals surface area contributed by atoms with Crippen LogP contribution in [0.25, 0.3) is 10.6 Å². The molecule has 2 heterocycles. The Hall–Kier alpha value is -1.54. The third-order valence-corrected chi connectivity index (χ3v) is 4.21. The molecule has 2 aromatic heterocycles. The zero-order chi connectivity index (χ0) is 13.1. The topological polar surface area (TPSA) is 94.6 Å². The van der Waals surface area contributed by atoms with Crippen LogP contribution in [0.1, 0.15) is 12.7 Å². The summed E-state index contributed by atoms with van der Waals surface area (Å²) in [7, 11) is 0. The maximum Gasteiger partial charge on any atom is 0.175 e. The second-order valence-electron chi connectivity index (χ2n) is 3.58. The van der Waals surface area contributed by atoms with E-state index in [1.807, 2.05) is 0 Å². The van der Waals surface area contributed by atoms with Gasteiger partial charge in [0.15, 0.2) is 9.35 Å². The van der Waals surface area contributed by atoms with Gasteiger partial charge in [0.25, 0.3) is 0 Å². The van der Waals surface area contributed by atoms with E-state index >= 15 is 0 Å². The second-order valence-corrected chi connectivity index (χ2v) is 5.78. The summed E-state index contributed by atoms with van der Waals surface area (Å²) in [6.45, 7) is 3.31. The van der Waals surface area contributed by atoms with Gasteiger partial charge in [-0.3, -0.25) is 4.79 Å². The van der Waals surface area contributed by atoms with Crippen LogP contribution in [-0.2, 0) is 4.79 Å². The second kappa shape index (κ2) is 5.40. The van der Waals surface area contributed by atoms with E-state index in [0.717, 1.165) is 4.34 Å². The summed E-state index contributed by atoms with van der Waals surface area (Å²) in [4.78, 5) is 19.0. The van der Waals surface area contributed by atoms with Gasteiger partial charge in [0, 0.05) is 6.20 Å². The SMILES string of the molecule is CC(=O)CSc1nnc(-c2cnc(C)nc2N)s1. The molecule has 18 heavy (non-hydrogen) atoms. The zero-order valence-electron chi connectivity index (χ0n) is 9.88. The molecule has 0 unspecified atom stereocenters. The van der Waals surface area contributed by atoms with E-state index in [4.69, 9.17) is 5.73 Å². The molecule has 2 rings (SSSR count). The van der Waals surface area contributed by atoms with E-state index in [2.05, 4.69) is 20.2 Å². The minimum atomic E-state index is 0.106. The molecule has 6 nitrogen and oxygen atoms in total. The molecule has 0 atom stereocenters. The summed E-state index contributed by atoms with van der Waals surface area (Å²) in [5, 5.41) is 8.69. The molecule has 0 saturated carbocycles. The van der Waals surface area contributed by atoms with Crippen LogP contribution in [0.4, 0.5) is 5.82 Å². The summed E-state index contributed by atoms with van der Waals surface area (Å²) < 4.78 is 0.736. The minimum absolute atomic E-state index is 0.106. The van der Waals surface area contributed by atoms with E-state index in [1.54, 1.807) is 20.0 Å². The summed E-state index contributed by atoms with van der Waals surface area (Å²) in [5.74, 6) is 1.51. The first-order valence-electron chi connectivity index (χ1n) is 5.11. The highest BCUT2D eigenvalue weighted by Crippen LogP contribution is 2.31. The summed E-state index contributed by atoms with van der Waals surface area (Å²) in [5.41, 5.74) is 6.49. The summed E-state index contributed by atoms with van der Waals surface area (Å²) in [6.07, 6.45) is 1.64. The lowest BCUT2D eigenvalue weighted by Crippen LogP contribution is -1.97. The molecule has 0 aromatic carbocycles. The number of anilines is 1. The standard InChI is InChI=1S/C10H11N5OS2/c1-5(16)4-17-10-15-14-9(18-10)7-3-12-6(2)13-8(7)11/h3H,4H2,1-2H3,(H2,11,12,13). The van der Waals surface area contributed by atoms with Crippen LogP contribution in [-0.4, -0.2) is 31.7 Å². The normalized spacial score (nSPS) is 10.6. The number of thioether (sulfide) groups is 1. The number of nitrogens with zero attached hydrogens (tertiary/aromatic N) is 4. The quantitative estimate of drug-likeness (QED) is 0.850. The van der Waals surface area contributed by atoms with Crippen molar-refractivity contribution in [1.82, 2.24) is 20.2 Å². The predicted molar refractivity (Wildman–Crippen MR) is 71.5 cm³/mol. The van der Waals surface area contributed by atoms with Gasteiger partial charge in [-0.25, -0.2) is 9.97 Å². The molecule has 0 fully saturated rings. The Bertz CT molecular complexity index is 583. The number of aryl methyl sites for hydroxylation is 1. The number of aromatic nitrogens is 4. The summed E-state index contributed by atoms with van der Waals surface area (Å²) >= 11 is 2.74. The molecule has 0 saturated heterocycles. The molecule has 0 amide bonds. The van der Waals surface area contributed by atoms with Crippen molar-refractivity contribution >= 4 is 34.7 Å². The van der Waals surface area contributed by atoms with Gasteiger partial charge in [-0.05, 0) is 13.8 Å². The fraction of sp³-hybridized carbons (Fsp3) is 0.300. The first kappa shape index (κ1) is 12.9. The number of hydrogen-bond acceptors (Lipinski definition) is 8. The van der Waals surface area contributed by atoms with Gasteiger partial charge in [-0.1, -0.05) is 23.1 Å². The van der Waals surface area contributed by atoms with E-state index in [0.29, 0.717) is 28.0 Å². The van der Waals surface area contributed by atoms with Crippen LogP contribution in [0.15, 0.2) is 10.5 Å². The molecule has 0 aliphatic rings. The molecule has 0 spiro atoms. The number of rotatable bonds is 4. The largest absolute Gasteiger partial charge is 0.383 e. The van der Waals surface area contributed by atoms with Gasteiger partial charge in [0.2, 0.25) is 0 Å². The average molecular weight is 281 g/mol. The molecule has 94 valence electrons. The molecular formula is C10H11N5OS2. The average Bonchev–Trinajstić information content (AvgIpc) is 2.75. The van der Waals surface area contributed by atoms with E-state index in [-0.39, 0.29) is 5.78 Å². The van der Waals surface area contributed by atoms with Crippen molar-refractivity contribution < 1.29 is 4.79 Å². The Kier molecular flexibility index (Phi) is 3.87.